The molecule has 1 heterocycles. The SMILES string of the molecule is C=CC(=O)Oc1cccc(C2=C(c3ccc(O)cc3)COc3cc(O)ccc32)c1. The quantitative estimate of drug-likeness (QED) is 0.391. The Labute approximate surface area is 167 Å². The zero-order valence-electron chi connectivity index (χ0n) is 15.5. The second-order valence-electron chi connectivity index (χ2n) is 6.52. The first-order valence-electron chi connectivity index (χ1n) is 8.98. The first-order valence-corrected chi connectivity index (χ1v) is 8.98. The lowest BCUT2D eigenvalue weighted by molar-refractivity contribution is -0.128. The molecule has 4 rings (SSSR count). The highest BCUT2D eigenvalue weighted by Crippen LogP contribution is 2.43. The molecule has 0 amide bonds. The number of benzene rings is 3. The minimum Gasteiger partial charge on any atom is -0.508 e. The fraction of sp³-hybridized carbons (Fsp3) is 0.0417. The number of carbonyl (C=O) groups excluding carboxylic acids is 1. The number of carbonyl (C=O) groups is 1. The molecule has 0 aliphatic carbocycles. The van der Waals surface area contributed by atoms with Gasteiger partial charge in [0, 0.05) is 23.3 Å². The van der Waals surface area contributed by atoms with E-state index in [0.717, 1.165) is 33.9 Å². The maximum absolute atomic E-state index is 11.6. The average Bonchev–Trinajstić information content (AvgIpc) is 2.73. The van der Waals surface area contributed by atoms with Crippen molar-refractivity contribution in [3.63, 3.8) is 0 Å². The summed E-state index contributed by atoms with van der Waals surface area (Å²) in [5.41, 5.74) is 4.34. The number of phenols is 2. The summed E-state index contributed by atoms with van der Waals surface area (Å²) in [5.74, 6) is 0.723. The number of hydrogen-bond donors (Lipinski definition) is 2. The van der Waals surface area contributed by atoms with E-state index >= 15 is 0 Å². The van der Waals surface area contributed by atoms with E-state index in [2.05, 4.69) is 6.58 Å². The van der Waals surface area contributed by atoms with Gasteiger partial charge in [-0.15, -0.1) is 0 Å². The van der Waals surface area contributed by atoms with Gasteiger partial charge in [0.2, 0.25) is 0 Å². The summed E-state index contributed by atoms with van der Waals surface area (Å²) in [5, 5.41) is 19.5. The first kappa shape index (κ1) is 18.4. The molecular formula is C24H18O5. The fourth-order valence-corrected chi connectivity index (χ4v) is 3.31. The minimum atomic E-state index is -0.535. The maximum Gasteiger partial charge on any atom is 0.335 e. The van der Waals surface area contributed by atoms with Crippen molar-refractivity contribution >= 4 is 17.1 Å². The van der Waals surface area contributed by atoms with Crippen LogP contribution in [0.25, 0.3) is 11.1 Å². The van der Waals surface area contributed by atoms with Crippen molar-refractivity contribution in [2.24, 2.45) is 0 Å². The van der Waals surface area contributed by atoms with Gasteiger partial charge in [-0.2, -0.15) is 0 Å². The molecule has 1 aliphatic rings. The van der Waals surface area contributed by atoms with E-state index < -0.39 is 5.97 Å². The van der Waals surface area contributed by atoms with Gasteiger partial charge >= 0.3 is 5.97 Å². The number of ether oxygens (including phenoxy) is 2. The predicted molar refractivity (Wildman–Crippen MR) is 110 cm³/mol. The molecule has 1 aliphatic heterocycles. The molecule has 0 saturated carbocycles. The van der Waals surface area contributed by atoms with Crippen LogP contribution in [0.2, 0.25) is 0 Å². The molecule has 0 radical (unpaired) electrons. The van der Waals surface area contributed by atoms with Crippen LogP contribution in [0.15, 0.2) is 79.4 Å². The Balaban J connectivity index is 1.91. The average molecular weight is 386 g/mol. The van der Waals surface area contributed by atoms with E-state index in [4.69, 9.17) is 9.47 Å². The van der Waals surface area contributed by atoms with E-state index in [9.17, 15) is 15.0 Å². The summed E-state index contributed by atoms with van der Waals surface area (Å²) >= 11 is 0. The summed E-state index contributed by atoms with van der Waals surface area (Å²) in [6.45, 7) is 3.71. The molecule has 3 aromatic rings. The van der Waals surface area contributed by atoms with Gasteiger partial charge < -0.3 is 19.7 Å². The van der Waals surface area contributed by atoms with Crippen molar-refractivity contribution in [2.75, 3.05) is 6.61 Å². The summed E-state index contributed by atoms with van der Waals surface area (Å²) in [6.07, 6.45) is 1.11. The van der Waals surface area contributed by atoms with Gasteiger partial charge in [0.05, 0.1) is 0 Å². The maximum atomic E-state index is 11.6. The Morgan fingerprint density at radius 2 is 1.72 bits per heavy atom. The van der Waals surface area contributed by atoms with Crippen LogP contribution < -0.4 is 9.47 Å². The predicted octanol–water partition coefficient (Wildman–Crippen LogP) is 4.54. The van der Waals surface area contributed by atoms with Crippen LogP contribution in [0, 0.1) is 0 Å². The summed E-state index contributed by atoms with van der Waals surface area (Å²) < 4.78 is 11.2. The number of aromatic hydroxyl groups is 2. The Hall–Kier alpha value is -3.99. The van der Waals surface area contributed by atoms with E-state index in [1.54, 1.807) is 48.5 Å². The highest BCUT2D eigenvalue weighted by molar-refractivity contribution is 6.02. The number of fused-ring (bicyclic) bond motifs is 1. The van der Waals surface area contributed by atoms with Crippen molar-refractivity contribution in [1.29, 1.82) is 0 Å². The highest BCUT2D eigenvalue weighted by atomic mass is 16.5. The molecule has 0 saturated heterocycles. The normalized spacial score (nSPS) is 12.7. The largest absolute Gasteiger partial charge is 0.508 e. The van der Waals surface area contributed by atoms with Gasteiger partial charge in [0.25, 0.3) is 0 Å². The van der Waals surface area contributed by atoms with E-state index in [1.807, 2.05) is 18.2 Å². The molecule has 144 valence electrons. The van der Waals surface area contributed by atoms with Gasteiger partial charge in [-0.3, -0.25) is 0 Å². The van der Waals surface area contributed by atoms with Gasteiger partial charge in [-0.25, -0.2) is 4.79 Å². The molecule has 0 aromatic heterocycles. The number of hydrogen-bond acceptors (Lipinski definition) is 5. The molecule has 5 heteroatoms. The lowest BCUT2D eigenvalue weighted by atomic mass is 9.87. The lowest BCUT2D eigenvalue weighted by Crippen LogP contribution is -2.12. The van der Waals surface area contributed by atoms with Crippen molar-refractivity contribution < 1.29 is 24.5 Å². The molecule has 0 atom stereocenters. The van der Waals surface area contributed by atoms with Crippen molar-refractivity contribution in [2.45, 2.75) is 0 Å². The van der Waals surface area contributed by atoms with Crippen LogP contribution >= 0.6 is 0 Å². The molecule has 0 fully saturated rings. The van der Waals surface area contributed by atoms with E-state index in [0.29, 0.717) is 11.5 Å². The molecule has 5 nitrogen and oxygen atoms in total. The summed E-state index contributed by atoms with van der Waals surface area (Å²) in [4.78, 5) is 11.6. The smallest absolute Gasteiger partial charge is 0.335 e. The van der Waals surface area contributed by atoms with E-state index in [1.165, 1.54) is 0 Å². The lowest BCUT2D eigenvalue weighted by Gasteiger charge is -2.25. The zero-order chi connectivity index (χ0) is 20.4. The van der Waals surface area contributed by atoms with Crippen LogP contribution in [-0.2, 0) is 4.79 Å². The zero-order valence-corrected chi connectivity index (χ0v) is 15.5. The van der Waals surface area contributed by atoms with Crippen LogP contribution in [0.3, 0.4) is 0 Å². The van der Waals surface area contributed by atoms with Crippen LogP contribution in [0.1, 0.15) is 16.7 Å². The Kier molecular flexibility index (Phi) is 4.79. The second-order valence-corrected chi connectivity index (χ2v) is 6.52. The molecule has 2 N–H and O–H groups in total. The minimum absolute atomic E-state index is 0.116. The molecule has 0 spiro atoms. The summed E-state index contributed by atoms with van der Waals surface area (Å²) in [6, 6.07) is 19.0. The Morgan fingerprint density at radius 1 is 0.966 bits per heavy atom. The van der Waals surface area contributed by atoms with Gasteiger partial charge in [0.1, 0.15) is 29.6 Å². The van der Waals surface area contributed by atoms with Crippen molar-refractivity contribution in [3.05, 3.63) is 96.1 Å². The van der Waals surface area contributed by atoms with Crippen molar-refractivity contribution in [3.8, 4) is 23.0 Å². The molecule has 29 heavy (non-hydrogen) atoms. The third-order valence-electron chi connectivity index (χ3n) is 4.63. The monoisotopic (exact) mass is 386 g/mol. The first-order chi connectivity index (χ1) is 14.0. The Morgan fingerprint density at radius 3 is 2.48 bits per heavy atom. The van der Waals surface area contributed by atoms with Gasteiger partial charge in [-0.1, -0.05) is 30.8 Å². The second kappa shape index (κ2) is 7.56. The number of phenolic OH excluding ortho intramolecular Hbond substituents is 2. The third-order valence-corrected chi connectivity index (χ3v) is 4.63. The van der Waals surface area contributed by atoms with E-state index in [-0.39, 0.29) is 18.1 Å². The molecule has 0 unspecified atom stereocenters. The van der Waals surface area contributed by atoms with Crippen molar-refractivity contribution in [1.82, 2.24) is 0 Å². The highest BCUT2D eigenvalue weighted by Gasteiger charge is 2.23. The molecule has 0 bridgehead atoms. The third kappa shape index (κ3) is 3.71. The van der Waals surface area contributed by atoms with Crippen LogP contribution in [0.4, 0.5) is 0 Å². The van der Waals surface area contributed by atoms with Crippen LogP contribution in [-0.4, -0.2) is 22.8 Å². The van der Waals surface area contributed by atoms with Gasteiger partial charge in [-0.05, 0) is 53.1 Å². The Bertz CT molecular complexity index is 1130. The molecular weight excluding hydrogens is 368 g/mol. The fourth-order valence-electron chi connectivity index (χ4n) is 3.31. The molecule has 3 aromatic carbocycles. The van der Waals surface area contributed by atoms with Crippen LogP contribution in [0.5, 0.6) is 23.0 Å². The standard InChI is InChI=1S/C24H18O5/c1-2-23(27)29-19-5-3-4-16(12-19)24-20-11-10-18(26)13-22(20)28-14-21(24)15-6-8-17(25)9-7-15/h2-13,25-26H,1,14H2. The number of esters is 1. The van der Waals surface area contributed by atoms with Gasteiger partial charge in [0.15, 0.2) is 0 Å². The summed E-state index contributed by atoms with van der Waals surface area (Å²) in [7, 11) is 0. The number of rotatable bonds is 4. The topological polar surface area (TPSA) is 76.0 Å².